The van der Waals surface area contributed by atoms with Crippen LogP contribution in [-0.4, -0.2) is 30.0 Å². The lowest BCUT2D eigenvalue weighted by Gasteiger charge is -2.34. The van der Waals surface area contributed by atoms with Crippen molar-refractivity contribution in [3.63, 3.8) is 0 Å². The molecule has 4 heteroatoms. The Bertz CT molecular complexity index is 643. The second-order valence-corrected chi connectivity index (χ2v) is 5.52. The van der Waals surface area contributed by atoms with Gasteiger partial charge in [0.1, 0.15) is 12.4 Å². The van der Waals surface area contributed by atoms with Crippen molar-refractivity contribution in [2.24, 2.45) is 5.73 Å². The lowest BCUT2D eigenvalue weighted by molar-refractivity contribution is -0.123. The number of hydrogen-bond acceptors (Lipinski definition) is 3. The fraction of sp³-hybridized carbons (Fsp3) is 0.278. The fourth-order valence-electron chi connectivity index (χ4n) is 2.89. The van der Waals surface area contributed by atoms with Gasteiger partial charge in [-0.2, -0.15) is 0 Å². The smallest absolute Gasteiger partial charge is 0.235 e. The summed E-state index contributed by atoms with van der Waals surface area (Å²) in [6.07, 6.45) is 0.677. The number of rotatable bonds is 5. The Labute approximate surface area is 130 Å². The summed E-state index contributed by atoms with van der Waals surface area (Å²) in [6, 6.07) is 17.7. The van der Waals surface area contributed by atoms with Crippen LogP contribution in [0.3, 0.4) is 0 Å². The molecule has 2 aromatic carbocycles. The number of carbonyl (C=O) groups is 1. The molecule has 2 N–H and O–H groups in total. The second-order valence-electron chi connectivity index (χ2n) is 5.52. The number of benzene rings is 2. The highest BCUT2D eigenvalue weighted by Gasteiger charge is 2.29. The Balaban J connectivity index is 1.65. The molecule has 0 unspecified atom stereocenters. The molecule has 1 aliphatic heterocycles. The van der Waals surface area contributed by atoms with E-state index >= 15 is 0 Å². The van der Waals surface area contributed by atoms with Crippen LogP contribution in [0.2, 0.25) is 0 Å². The highest BCUT2D eigenvalue weighted by Crippen LogP contribution is 2.23. The molecule has 0 saturated heterocycles. The topological polar surface area (TPSA) is 55.6 Å². The summed E-state index contributed by atoms with van der Waals surface area (Å²) in [6.45, 7) is 1.95. The third-order valence-corrected chi connectivity index (χ3v) is 4.06. The number of primary amides is 1. The molecular formula is C18H20N2O2. The molecule has 0 fully saturated rings. The Morgan fingerprint density at radius 3 is 2.50 bits per heavy atom. The van der Waals surface area contributed by atoms with Crippen molar-refractivity contribution < 1.29 is 9.53 Å². The minimum atomic E-state index is -0.269. The second kappa shape index (κ2) is 6.62. The zero-order chi connectivity index (χ0) is 15.4. The third-order valence-electron chi connectivity index (χ3n) is 4.06. The number of amides is 1. The molecule has 22 heavy (non-hydrogen) atoms. The minimum Gasteiger partial charge on any atom is -0.492 e. The maximum absolute atomic E-state index is 11.7. The number of carbonyl (C=O) groups excluding carboxylic acids is 1. The normalized spacial score (nSPS) is 17.7. The zero-order valence-corrected chi connectivity index (χ0v) is 12.4. The Hall–Kier alpha value is -2.33. The monoisotopic (exact) mass is 296 g/mol. The number of nitrogens with zero attached hydrogens (tertiary/aromatic N) is 1. The molecule has 0 aromatic heterocycles. The van der Waals surface area contributed by atoms with Gasteiger partial charge in [0.05, 0.1) is 6.04 Å². The van der Waals surface area contributed by atoms with E-state index in [1.54, 1.807) is 0 Å². The number of ether oxygens (including phenoxy) is 1. The highest BCUT2D eigenvalue weighted by atomic mass is 16.5. The van der Waals surface area contributed by atoms with Gasteiger partial charge in [0.2, 0.25) is 5.91 Å². The van der Waals surface area contributed by atoms with Crippen LogP contribution in [0, 0.1) is 0 Å². The highest BCUT2D eigenvalue weighted by molar-refractivity contribution is 5.80. The quantitative estimate of drug-likeness (QED) is 0.918. The van der Waals surface area contributed by atoms with Crippen molar-refractivity contribution in [1.29, 1.82) is 0 Å². The van der Waals surface area contributed by atoms with Crippen molar-refractivity contribution in [2.75, 3.05) is 13.2 Å². The molecule has 0 spiro atoms. The van der Waals surface area contributed by atoms with Crippen LogP contribution < -0.4 is 10.5 Å². The van der Waals surface area contributed by atoms with Crippen molar-refractivity contribution in [3.05, 3.63) is 65.7 Å². The van der Waals surface area contributed by atoms with Gasteiger partial charge in [-0.15, -0.1) is 0 Å². The molecule has 0 radical (unpaired) electrons. The van der Waals surface area contributed by atoms with Crippen LogP contribution in [0.5, 0.6) is 5.75 Å². The summed E-state index contributed by atoms with van der Waals surface area (Å²) in [7, 11) is 0. The number of para-hydroxylation sites is 1. The van der Waals surface area contributed by atoms with Crippen molar-refractivity contribution >= 4 is 5.91 Å². The van der Waals surface area contributed by atoms with Gasteiger partial charge < -0.3 is 10.5 Å². The lowest BCUT2D eigenvalue weighted by atomic mass is 9.93. The largest absolute Gasteiger partial charge is 0.492 e. The summed E-state index contributed by atoms with van der Waals surface area (Å²) < 4.78 is 5.73. The average molecular weight is 296 g/mol. The standard InChI is InChI=1S/C18H20N2O2/c19-18(21)17-12-14-6-4-5-7-15(14)13-20(17)10-11-22-16-8-2-1-3-9-16/h1-9,17H,10-13H2,(H2,19,21)/t17-/m0/s1. The van der Waals surface area contributed by atoms with E-state index < -0.39 is 0 Å². The van der Waals surface area contributed by atoms with Gasteiger partial charge in [-0.05, 0) is 29.7 Å². The molecule has 0 saturated carbocycles. The first-order valence-electron chi connectivity index (χ1n) is 7.52. The molecule has 4 nitrogen and oxygen atoms in total. The molecule has 0 bridgehead atoms. The van der Waals surface area contributed by atoms with E-state index in [-0.39, 0.29) is 11.9 Å². The predicted molar refractivity (Wildman–Crippen MR) is 85.5 cm³/mol. The number of nitrogens with two attached hydrogens (primary N) is 1. The van der Waals surface area contributed by atoms with Crippen LogP contribution in [0.25, 0.3) is 0 Å². The first kappa shape index (κ1) is 14.6. The molecule has 3 rings (SSSR count). The number of fused-ring (bicyclic) bond motifs is 1. The predicted octanol–water partition coefficient (Wildman–Crippen LogP) is 1.98. The van der Waals surface area contributed by atoms with Crippen molar-refractivity contribution in [2.45, 2.75) is 19.0 Å². The van der Waals surface area contributed by atoms with Crippen molar-refractivity contribution in [3.8, 4) is 5.75 Å². The van der Waals surface area contributed by atoms with Crippen LogP contribution in [0.1, 0.15) is 11.1 Å². The summed E-state index contributed by atoms with van der Waals surface area (Å²) in [5.74, 6) is 0.574. The summed E-state index contributed by atoms with van der Waals surface area (Å²) in [5, 5.41) is 0. The van der Waals surface area contributed by atoms with Crippen LogP contribution in [0.15, 0.2) is 54.6 Å². The summed E-state index contributed by atoms with van der Waals surface area (Å²) >= 11 is 0. The molecule has 1 aliphatic rings. The SMILES string of the molecule is NC(=O)[C@@H]1Cc2ccccc2CN1CCOc1ccccc1. The van der Waals surface area contributed by atoms with E-state index in [0.717, 1.165) is 12.3 Å². The van der Waals surface area contributed by atoms with Gasteiger partial charge >= 0.3 is 0 Å². The van der Waals surface area contributed by atoms with Gasteiger partial charge in [-0.1, -0.05) is 42.5 Å². The van der Waals surface area contributed by atoms with Crippen LogP contribution in [0.4, 0.5) is 0 Å². The van der Waals surface area contributed by atoms with Gasteiger partial charge in [0.25, 0.3) is 0 Å². The molecular weight excluding hydrogens is 276 g/mol. The van der Waals surface area contributed by atoms with Gasteiger partial charge in [-0.3, -0.25) is 9.69 Å². The van der Waals surface area contributed by atoms with E-state index in [1.165, 1.54) is 11.1 Å². The zero-order valence-electron chi connectivity index (χ0n) is 12.4. The molecule has 0 aliphatic carbocycles. The average Bonchev–Trinajstić information content (AvgIpc) is 2.55. The first-order valence-corrected chi connectivity index (χ1v) is 7.52. The van der Waals surface area contributed by atoms with Crippen molar-refractivity contribution in [1.82, 2.24) is 4.90 Å². The van der Waals surface area contributed by atoms with E-state index in [4.69, 9.17) is 10.5 Å². The minimum absolute atomic E-state index is 0.255. The maximum Gasteiger partial charge on any atom is 0.235 e. The lowest BCUT2D eigenvalue weighted by Crippen LogP contribution is -2.49. The molecule has 1 amide bonds. The summed E-state index contributed by atoms with van der Waals surface area (Å²) in [5.41, 5.74) is 8.05. The first-order chi connectivity index (χ1) is 10.7. The molecule has 1 heterocycles. The van der Waals surface area contributed by atoms with E-state index in [9.17, 15) is 4.79 Å². The molecule has 1 atom stereocenters. The molecule has 114 valence electrons. The molecule has 2 aromatic rings. The Morgan fingerprint density at radius 2 is 1.77 bits per heavy atom. The van der Waals surface area contributed by atoms with Crippen LogP contribution in [-0.2, 0) is 17.8 Å². The van der Waals surface area contributed by atoms with Gasteiger partial charge in [0, 0.05) is 13.1 Å². The Morgan fingerprint density at radius 1 is 1.09 bits per heavy atom. The van der Waals surface area contributed by atoms with E-state index in [2.05, 4.69) is 17.0 Å². The fourth-order valence-corrected chi connectivity index (χ4v) is 2.89. The van der Waals surface area contributed by atoms with E-state index in [1.807, 2.05) is 42.5 Å². The summed E-state index contributed by atoms with van der Waals surface area (Å²) in [4.78, 5) is 13.9. The Kier molecular flexibility index (Phi) is 4.39. The third kappa shape index (κ3) is 3.28. The van der Waals surface area contributed by atoms with Gasteiger partial charge in [0.15, 0.2) is 0 Å². The maximum atomic E-state index is 11.7. The van der Waals surface area contributed by atoms with Crippen LogP contribution >= 0.6 is 0 Å². The number of hydrogen-bond donors (Lipinski definition) is 1. The van der Waals surface area contributed by atoms with E-state index in [0.29, 0.717) is 19.6 Å². The van der Waals surface area contributed by atoms with Gasteiger partial charge in [-0.25, -0.2) is 0 Å².